The Morgan fingerprint density at radius 3 is 2.43 bits per heavy atom. The van der Waals surface area contributed by atoms with Gasteiger partial charge < -0.3 is 4.90 Å². The number of likely N-dealkylation sites (tertiary alicyclic amines) is 1. The Bertz CT molecular complexity index is 487. The van der Waals surface area contributed by atoms with E-state index >= 15 is 0 Å². The number of rotatable bonds is 2. The lowest BCUT2D eigenvalue weighted by molar-refractivity contribution is -0.00478. The molecule has 114 valence electrons. The van der Waals surface area contributed by atoms with Gasteiger partial charge in [0.15, 0.2) is 0 Å². The van der Waals surface area contributed by atoms with Gasteiger partial charge >= 0.3 is 0 Å². The quantitative estimate of drug-likeness (QED) is 0.833. The maximum Gasteiger partial charge on any atom is 0.125 e. The summed E-state index contributed by atoms with van der Waals surface area (Å²) in [4.78, 5) is 14.3. The van der Waals surface area contributed by atoms with Crippen molar-refractivity contribution in [2.45, 2.75) is 44.6 Å². The maximum absolute atomic E-state index is 4.63. The summed E-state index contributed by atoms with van der Waals surface area (Å²) in [6, 6.07) is 2.95. The number of fused-ring (bicyclic) bond motifs is 3. The van der Waals surface area contributed by atoms with Crippen LogP contribution in [-0.4, -0.2) is 58.5 Å². The van der Waals surface area contributed by atoms with Crippen molar-refractivity contribution in [3.8, 4) is 0 Å². The second-order valence-electron chi connectivity index (χ2n) is 7.04. The lowest BCUT2D eigenvalue weighted by Crippen LogP contribution is -2.58. The van der Waals surface area contributed by atoms with Gasteiger partial charge in [-0.2, -0.15) is 0 Å². The van der Waals surface area contributed by atoms with Crippen LogP contribution in [0.15, 0.2) is 12.3 Å². The molecule has 4 nitrogen and oxygen atoms in total. The predicted molar refractivity (Wildman–Crippen MR) is 83.3 cm³/mol. The Morgan fingerprint density at radius 1 is 1.05 bits per heavy atom. The third-order valence-corrected chi connectivity index (χ3v) is 5.84. The van der Waals surface area contributed by atoms with Gasteiger partial charge in [-0.05, 0) is 70.8 Å². The molecule has 0 amide bonds. The summed E-state index contributed by atoms with van der Waals surface area (Å²) >= 11 is 0. The van der Waals surface area contributed by atoms with Gasteiger partial charge in [0, 0.05) is 30.4 Å². The molecular formula is C17H26N4. The summed E-state index contributed by atoms with van der Waals surface area (Å²) < 4.78 is 0. The zero-order valence-corrected chi connectivity index (χ0v) is 13.0. The topological polar surface area (TPSA) is 32.3 Å². The molecule has 0 N–H and O–H groups in total. The zero-order chi connectivity index (χ0) is 14.2. The minimum absolute atomic E-state index is 0.643. The van der Waals surface area contributed by atoms with Crippen LogP contribution in [0.3, 0.4) is 0 Å². The molecule has 4 aliphatic heterocycles. The van der Waals surface area contributed by atoms with Crippen LogP contribution in [0.2, 0.25) is 0 Å². The third-order valence-electron chi connectivity index (χ3n) is 5.84. The van der Waals surface area contributed by atoms with E-state index in [1.54, 1.807) is 0 Å². The van der Waals surface area contributed by atoms with Crippen LogP contribution in [0.4, 0.5) is 0 Å². The highest BCUT2D eigenvalue weighted by Gasteiger charge is 2.38. The number of piperidine rings is 4. The first kappa shape index (κ1) is 13.6. The van der Waals surface area contributed by atoms with Gasteiger partial charge in [0.1, 0.15) is 5.82 Å². The summed E-state index contributed by atoms with van der Waals surface area (Å²) in [7, 11) is 0. The van der Waals surface area contributed by atoms with E-state index < -0.39 is 0 Å². The van der Waals surface area contributed by atoms with Gasteiger partial charge in [0.25, 0.3) is 0 Å². The number of aromatic nitrogens is 2. The van der Waals surface area contributed by atoms with Crippen LogP contribution in [0, 0.1) is 12.8 Å². The smallest absolute Gasteiger partial charge is 0.125 e. The van der Waals surface area contributed by atoms with E-state index in [-0.39, 0.29) is 0 Å². The Labute approximate surface area is 127 Å². The lowest BCUT2D eigenvalue weighted by Gasteiger charge is -2.50. The van der Waals surface area contributed by atoms with E-state index in [0.717, 1.165) is 17.8 Å². The zero-order valence-electron chi connectivity index (χ0n) is 13.0. The van der Waals surface area contributed by atoms with E-state index in [0.29, 0.717) is 5.92 Å². The molecular weight excluding hydrogens is 260 g/mol. The molecule has 4 aliphatic rings. The van der Waals surface area contributed by atoms with Gasteiger partial charge in [-0.1, -0.05) is 0 Å². The highest BCUT2D eigenvalue weighted by atomic mass is 15.3. The van der Waals surface area contributed by atoms with Crippen molar-refractivity contribution in [2.24, 2.45) is 5.92 Å². The lowest BCUT2D eigenvalue weighted by atomic mass is 9.81. The van der Waals surface area contributed by atoms with Crippen molar-refractivity contribution in [3.05, 3.63) is 23.8 Å². The molecule has 0 unspecified atom stereocenters. The minimum Gasteiger partial charge on any atom is -0.302 e. The first-order valence-corrected chi connectivity index (χ1v) is 8.55. The molecule has 0 aromatic carbocycles. The van der Waals surface area contributed by atoms with Crippen molar-refractivity contribution in [3.63, 3.8) is 0 Å². The van der Waals surface area contributed by atoms with Crippen molar-refractivity contribution in [1.82, 2.24) is 19.8 Å². The van der Waals surface area contributed by atoms with Crippen LogP contribution < -0.4 is 0 Å². The fraction of sp³-hybridized carbons (Fsp3) is 0.765. The highest BCUT2D eigenvalue weighted by Crippen LogP contribution is 2.34. The fourth-order valence-corrected chi connectivity index (χ4v) is 4.58. The molecule has 0 saturated carbocycles. The van der Waals surface area contributed by atoms with Crippen LogP contribution in [0.5, 0.6) is 0 Å². The molecule has 0 aliphatic carbocycles. The molecule has 5 heterocycles. The van der Waals surface area contributed by atoms with E-state index in [1.165, 1.54) is 64.1 Å². The van der Waals surface area contributed by atoms with Gasteiger partial charge in [-0.25, -0.2) is 9.97 Å². The van der Waals surface area contributed by atoms with E-state index in [9.17, 15) is 0 Å². The summed E-state index contributed by atoms with van der Waals surface area (Å²) in [6.45, 7) is 8.51. The molecule has 0 spiro atoms. The van der Waals surface area contributed by atoms with Gasteiger partial charge in [0.05, 0.1) is 0 Å². The first-order chi connectivity index (χ1) is 10.3. The maximum atomic E-state index is 4.63. The van der Waals surface area contributed by atoms with Gasteiger partial charge in [-0.15, -0.1) is 0 Å². The Hall–Kier alpha value is -1.00. The van der Waals surface area contributed by atoms with Gasteiger partial charge in [0.2, 0.25) is 0 Å². The standard InChI is InChI=1S/C17H26N4/c1-13-18-7-2-16(19-13)14-5-10-21(11-6-14)17-12-20-8-3-15(17)4-9-20/h2,7,14-15,17H,3-6,8-12H2,1H3/t17-/m0/s1. The van der Waals surface area contributed by atoms with Crippen molar-refractivity contribution in [1.29, 1.82) is 0 Å². The molecule has 1 aromatic rings. The average Bonchev–Trinajstić information content (AvgIpc) is 2.56. The minimum atomic E-state index is 0.643. The monoisotopic (exact) mass is 286 g/mol. The highest BCUT2D eigenvalue weighted by molar-refractivity contribution is 5.10. The van der Waals surface area contributed by atoms with E-state index in [1.807, 2.05) is 13.1 Å². The predicted octanol–water partition coefficient (Wildman–Crippen LogP) is 2.06. The van der Waals surface area contributed by atoms with E-state index in [4.69, 9.17) is 0 Å². The molecule has 2 bridgehead atoms. The molecule has 21 heavy (non-hydrogen) atoms. The fourth-order valence-electron chi connectivity index (χ4n) is 4.58. The van der Waals surface area contributed by atoms with Crippen LogP contribution in [0.25, 0.3) is 0 Å². The largest absolute Gasteiger partial charge is 0.302 e. The van der Waals surface area contributed by atoms with Gasteiger partial charge in [-0.3, -0.25) is 4.90 Å². The third kappa shape index (κ3) is 2.71. The normalized spacial score (nSPS) is 34.2. The van der Waals surface area contributed by atoms with E-state index in [2.05, 4.69) is 25.8 Å². The Morgan fingerprint density at radius 2 is 1.81 bits per heavy atom. The summed E-state index contributed by atoms with van der Waals surface area (Å²) in [5.74, 6) is 2.52. The molecule has 0 radical (unpaired) electrons. The SMILES string of the molecule is Cc1nccc(C2CCN([C@H]3CN4CCC3CC4)CC2)n1. The van der Waals surface area contributed by atoms with Crippen molar-refractivity contribution in [2.75, 3.05) is 32.7 Å². The molecule has 4 saturated heterocycles. The number of hydrogen-bond acceptors (Lipinski definition) is 4. The average molecular weight is 286 g/mol. The summed E-state index contributed by atoms with van der Waals surface area (Å²) in [5.41, 5.74) is 1.26. The van der Waals surface area contributed by atoms with Crippen LogP contribution in [-0.2, 0) is 0 Å². The van der Waals surface area contributed by atoms with Crippen LogP contribution >= 0.6 is 0 Å². The summed E-state index contributed by atoms with van der Waals surface area (Å²) in [6.07, 6.45) is 7.29. The number of nitrogens with zero attached hydrogens (tertiary/aromatic N) is 4. The summed E-state index contributed by atoms with van der Waals surface area (Å²) in [5, 5.41) is 0. The number of hydrogen-bond donors (Lipinski definition) is 0. The Kier molecular flexibility index (Phi) is 3.67. The molecule has 1 atom stereocenters. The molecule has 4 fully saturated rings. The molecule has 1 aromatic heterocycles. The second-order valence-corrected chi connectivity index (χ2v) is 7.04. The van der Waals surface area contributed by atoms with Crippen LogP contribution in [0.1, 0.15) is 43.1 Å². The number of aryl methyl sites for hydroxylation is 1. The molecule has 4 heteroatoms. The van der Waals surface area contributed by atoms with Crippen molar-refractivity contribution < 1.29 is 0 Å². The van der Waals surface area contributed by atoms with Crippen molar-refractivity contribution >= 4 is 0 Å². The second kappa shape index (κ2) is 5.65. The first-order valence-electron chi connectivity index (χ1n) is 8.55. The molecule has 5 rings (SSSR count). The Balaban J connectivity index is 1.38.